The molecule has 0 N–H and O–H groups in total. The molecule has 1 aromatic rings. The Hall–Kier alpha value is -1.40. The fourth-order valence-electron chi connectivity index (χ4n) is 2.69. The molecule has 1 aliphatic rings. The summed E-state index contributed by atoms with van der Waals surface area (Å²) in [6.45, 7) is 8.76. The molecule has 1 saturated heterocycles. The molecule has 0 unspecified atom stereocenters. The van der Waals surface area contributed by atoms with Crippen LogP contribution in [-0.4, -0.2) is 67.9 Å². The first-order valence-corrected chi connectivity index (χ1v) is 8.86. The Labute approximate surface area is 142 Å². The average molecular weight is 338 g/mol. The molecule has 6 heteroatoms. The highest BCUT2D eigenvalue weighted by Gasteiger charge is 2.25. The number of methoxy groups -OCH3 is 2. The Balaban J connectivity index is 1.96. The van der Waals surface area contributed by atoms with Crippen molar-refractivity contribution in [3.63, 3.8) is 0 Å². The van der Waals surface area contributed by atoms with Crippen molar-refractivity contribution in [1.29, 1.82) is 0 Å². The van der Waals surface area contributed by atoms with Gasteiger partial charge in [0.15, 0.2) is 11.5 Å². The van der Waals surface area contributed by atoms with Crippen molar-refractivity contribution in [2.75, 3.05) is 46.9 Å². The molecular formula is C17H26N2O3S. The lowest BCUT2D eigenvalue weighted by molar-refractivity contribution is -0.132. The molecule has 5 nitrogen and oxygen atoms in total. The summed E-state index contributed by atoms with van der Waals surface area (Å²) >= 11 is 1.56. The topological polar surface area (TPSA) is 42.0 Å². The van der Waals surface area contributed by atoms with Crippen molar-refractivity contribution < 1.29 is 14.3 Å². The largest absolute Gasteiger partial charge is 0.493 e. The van der Waals surface area contributed by atoms with E-state index in [0.717, 1.165) is 37.6 Å². The van der Waals surface area contributed by atoms with Crippen LogP contribution in [0.5, 0.6) is 11.5 Å². The van der Waals surface area contributed by atoms with Gasteiger partial charge >= 0.3 is 0 Å². The third-order valence-corrected chi connectivity index (χ3v) is 5.23. The third kappa shape index (κ3) is 4.54. The van der Waals surface area contributed by atoms with Crippen molar-refractivity contribution in [1.82, 2.24) is 9.80 Å². The van der Waals surface area contributed by atoms with Gasteiger partial charge in [0.05, 0.1) is 19.5 Å². The van der Waals surface area contributed by atoms with Crippen LogP contribution in [0.2, 0.25) is 0 Å². The normalized spacial score (nSPS) is 17.0. The standard InChI is InChI=1S/C17H26N2O3S/c1-5-18-8-10-19(11-9-18)17(20)13(2)23-14-6-7-15(21-3)16(12-14)22-4/h6-7,12-13H,5,8-11H2,1-4H3/t13-/m1/s1. The number of hydrogen-bond acceptors (Lipinski definition) is 5. The van der Waals surface area contributed by atoms with Crippen LogP contribution in [-0.2, 0) is 4.79 Å². The number of hydrogen-bond donors (Lipinski definition) is 0. The minimum atomic E-state index is -0.110. The molecule has 1 atom stereocenters. The van der Waals surface area contributed by atoms with E-state index in [0.29, 0.717) is 11.5 Å². The minimum Gasteiger partial charge on any atom is -0.493 e. The van der Waals surface area contributed by atoms with E-state index in [1.807, 2.05) is 30.0 Å². The van der Waals surface area contributed by atoms with Crippen LogP contribution < -0.4 is 9.47 Å². The smallest absolute Gasteiger partial charge is 0.235 e. The van der Waals surface area contributed by atoms with E-state index in [1.165, 1.54) is 0 Å². The van der Waals surface area contributed by atoms with E-state index < -0.39 is 0 Å². The first kappa shape index (κ1) is 17.9. The van der Waals surface area contributed by atoms with Gasteiger partial charge in [0.2, 0.25) is 5.91 Å². The van der Waals surface area contributed by atoms with Crippen molar-refractivity contribution in [2.24, 2.45) is 0 Å². The second kappa shape index (κ2) is 8.45. The van der Waals surface area contributed by atoms with Crippen molar-refractivity contribution in [3.8, 4) is 11.5 Å². The van der Waals surface area contributed by atoms with Crippen LogP contribution >= 0.6 is 11.8 Å². The van der Waals surface area contributed by atoms with Crippen molar-refractivity contribution in [2.45, 2.75) is 24.0 Å². The van der Waals surface area contributed by atoms with Crippen molar-refractivity contribution in [3.05, 3.63) is 18.2 Å². The van der Waals surface area contributed by atoms with Crippen LogP contribution in [0.1, 0.15) is 13.8 Å². The lowest BCUT2D eigenvalue weighted by atomic mass is 10.3. The summed E-state index contributed by atoms with van der Waals surface area (Å²) in [5.41, 5.74) is 0. The molecule has 1 amide bonds. The SMILES string of the molecule is CCN1CCN(C(=O)[C@@H](C)Sc2ccc(OC)c(OC)c2)CC1. The quantitative estimate of drug-likeness (QED) is 0.745. The fourth-order valence-corrected chi connectivity index (χ4v) is 3.67. The van der Waals surface area contributed by atoms with Crippen LogP contribution in [0, 0.1) is 0 Å². The molecule has 0 spiro atoms. The molecule has 0 radical (unpaired) electrons. The number of thioether (sulfide) groups is 1. The van der Waals surface area contributed by atoms with Gasteiger partial charge in [-0.2, -0.15) is 0 Å². The minimum absolute atomic E-state index is 0.110. The number of amides is 1. The lowest BCUT2D eigenvalue weighted by Crippen LogP contribution is -2.50. The number of benzene rings is 1. The molecule has 128 valence electrons. The van der Waals surface area contributed by atoms with Gasteiger partial charge in [-0.15, -0.1) is 11.8 Å². The molecule has 1 aromatic carbocycles. The van der Waals surface area contributed by atoms with E-state index in [2.05, 4.69) is 11.8 Å². The molecule has 23 heavy (non-hydrogen) atoms. The number of carbonyl (C=O) groups excluding carboxylic acids is 1. The van der Waals surface area contributed by atoms with E-state index in [4.69, 9.17) is 9.47 Å². The Morgan fingerprint density at radius 2 is 1.83 bits per heavy atom. The van der Waals surface area contributed by atoms with Crippen LogP contribution in [0.15, 0.2) is 23.1 Å². The van der Waals surface area contributed by atoms with Gasteiger partial charge in [0.1, 0.15) is 0 Å². The van der Waals surface area contributed by atoms with Crippen LogP contribution in [0.3, 0.4) is 0 Å². The van der Waals surface area contributed by atoms with E-state index >= 15 is 0 Å². The van der Waals surface area contributed by atoms with Crippen molar-refractivity contribution >= 4 is 17.7 Å². The van der Waals surface area contributed by atoms with Crippen LogP contribution in [0.25, 0.3) is 0 Å². The number of carbonyl (C=O) groups is 1. The number of rotatable bonds is 6. The second-order valence-electron chi connectivity index (χ2n) is 5.54. The number of nitrogens with zero attached hydrogens (tertiary/aromatic N) is 2. The number of ether oxygens (including phenoxy) is 2. The van der Waals surface area contributed by atoms with E-state index in [9.17, 15) is 4.79 Å². The maximum absolute atomic E-state index is 12.6. The molecule has 0 bridgehead atoms. The highest BCUT2D eigenvalue weighted by atomic mass is 32.2. The third-order valence-electron chi connectivity index (χ3n) is 4.15. The Morgan fingerprint density at radius 1 is 1.17 bits per heavy atom. The Kier molecular flexibility index (Phi) is 6.59. The van der Waals surface area contributed by atoms with Gasteiger partial charge in [0.25, 0.3) is 0 Å². The van der Waals surface area contributed by atoms with E-state index in [1.54, 1.807) is 26.0 Å². The Morgan fingerprint density at radius 3 is 2.39 bits per heavy atom. The van der Waals surface area contributed by atoms with Gasteiger partial charge in [0, 0.05) is 31.1 Å². The maximum atomic E-state index is 12.6. The second-order valence-corrected chi connectivity index (χ2v) is 6.95. The van der Waals surface area contributed by atoms with Gasteiger partial charge in [-0.1, -0.05) is 6.92 Å². The summed E-state index contributed by atoms with van der Waals surface area (Å²) in [6, 6.07) is 5.76. The summed E-state index contributed by atoms with van der Waals surface area (Å²) in [5.74, 6) is 1.60. The predicted molar refractivity (Wildman–Crippen MR) is 93.6 cm³/mol. The first-order chi connectivity index (χ1) is 11.1. The fraction of sp³-hybridized carbons (Fsp3) is 0.588. The van der Waals surface area contributed by atoms with Gasteiger partial charge < -0.3 is 19.3 Å². The summed E-state index contributed by atoms with van der Waals surface area (Å²) in [5, 5.41) is -0.110. The molecule has 1 aliphatic heterocycles. The summed E-state index contributed by atoms with van der Waals surface area (Å²) in [7, 11) is 3.24. The monoisotopic (exact) mass is 338 g/mol. The summed E-state index contributed by atoms with van der Waals surface area (Å²) < 4.78 is 10.6. The van der Waals surface area contributed by atoms with E-state index in [-0.39, 0.29) is 11.2 Å². The van der Waals surface area contributed by atoms with Gasteiger partial charge in [-0.25, -0.2) is 0 Å². The molecule has 2 rings (SSSR count). The van der Waals surface area contributed by atoms with Crippen LogP contribution in [0.4, 0.5) is 0 Å². The summed E-state index contributed by atoms with van der Waals surface area (Å²) in [6.07, 6.45) is 0. The zero-order valence-electron chi connectivity index (χ0n) is 14.4. The highest BCUT2D eigenvalue weighted by molar-refractivity contribution is 8.00. The zero-order chi connectivity index (χ0) is 16.8. The maximum Gasteiger partial charge on any atom is 0.235 e. The predicted octanol–water partition coefficient (Wildman–Crippen LogP) is 2.35. The molecule has 1 fully saturated rings. The molecular weight excluding hydrogens is 312 g/mol. The molecule has 0 aromatic heterocycles. The van der Waals surface area contributed by atoms with Gasteiger partial charge in [-0.3, -0.25) is 4.79 Å². The first-order valence-electron chi connectivity index (χ1n) is 7.98. The summed E-state index contributed by atoms with van der Waals surface area (Å²) in [4.78, 5) is 18.0. The Bertz CT molecular complexity index is 531. The number of piperazine rings is 1. The lowest BCUT2D eigenvalue weighted by Gasteiger charge is -2.35. The molecule has 0 aliphatic carbocycles. The molecule has 1 heterocycles. The molecule has 0 saturated carbocycles. The highest BCUT2D eigenvalue weighted by Crippen LogP contribution is 2.33. The van der Waals surface area contributed by atoms with Gasteiger partial charge in [-0.05, 0) is 31.7 Å². The average Bonchev–Trinajstić information content (AvgIpc) is 2.60. The number of likely N-dealkylation sites (N-methyl/N-ethyl adjacent to an activating group) is 1. The zero-order valence-corrected chi connectivity index (χ0v) is 15.2.